The molecule has 2 heterocycles. The van der Waals surface area contributed by atoms with Crippen molar-refractivity contribution in [2.75, 3.05) is 5.73 Å². The van der Waals surface area contributed by atoms with Gasteiger partial charge in [0.2, 0.25) is 0 Å². The van der Waals surface area contributed by atoms with Gasteiger partial charge in [0, 0.05) is 6.07 Å². The molecule has 0 aliphatic carbocycles. The van der Waals surface area contributed by atoms with Crippen LogP contribution in [-0.2, 0) is 0 Å². The zero-order chi connectivity index (χ0) is 13.4. The first-order valence-corrected chi connectivity index (χ1v) is 5.99. The molecule has 1 aromatic carbocycles. The Kier molecular flexibility index (Phi) is 2.56. The molecule has 0 amide bonds. The molecule has 0 aliphatic rings. The second-order valence-electron chi connectivity index (χ2n) is 4.52. The van der Waals surface area contributed by atoms with Crippen molar-refractivity contribution >= 4 is 16.6 Å². The van der Waals surface area contributed by atoms with Crippen LogP contribution in [0.5, 0.6) is 0 Å². The fourth-order valence-electron chi connectivity index (χ4n) is 2.11. The van der Waals surface area contributed by atoms with Gasteiger partial charge in [0.25, 0.3) is 5.56 Å². The lowest BCUT2D eigenvalue weighted by atomic mass is 10.1. The summed E-state index contributed by atoms with van der Waals surface area (Å²) in [6.45, 7) is 2.00. The third-order valence-corrected chi connectivity index (χ3v) is 3.05. The van der Waals surface area contributed by atoms with E-state index in [4.69, 9.17) is 5.73 Å². The highest BCUT2D eigenvalue weighted by atomic mass is 16.1. The first-order chi connectivity index (χ1) is 9.15. The summed E-state index contributed by atoms with van der Waals surface area (Å²) in [5.74, 6) is 0.579. The van der Waals surface area contributed by atoms with Gasteiger partial charge in [-0.15, -0.1) is 0 Å². The molecule has 0 atom stereocenters. The third kappa shape index (κ3) is 1.97. The van der Waals surface area contributed by atoms with Gasteiger partial charge in [0.1, 0.15) is 5.82 Å². The Morgan fingerprint density at radius 2 is 1.89 bits per heavy atom. The lowest BCUT2D eigenvalue weighted by Crippen LogP contribution is -2.18. The van der Waals surface area contributed by atoms with Gasteiger partial charge in [0.15, 0.2) is 0 Å². The van der Waals surface area contributed by atoms with Crippen LogP contribution < -0.4 is 11.3 Å². The number of rotatable bonds is 1. The predicted molar refractivity (Wildman–Crippen MR) is 76.5 cm³/mol. The standard InChI is InChI=1S/C15H13N3O/c1-10-2-3-11-4-7-15(19)18(13(11)8-10)14-6-5-12(16)9-17-14/h2-9H,16H2,1H3. The number of anilines is 1. The van der Waals surface area contributed by atoms with Crippen molar-refractivity contribution in [3.63, 3.8) is 0 Å². The Hall–Kier alpha value is -2.62. The predicted octanol–water partition coefficient (Wildman–Crippen LogP) is 2.28. The van der Waals surface area contributed by atoms with E-state index >= 15 is 0 Å². The maximum Gasteiger partial charge on any atom is 0.256 e. The molecule has 2 aromatic heterocycles. The Morgan fingerprint density at radius 1 is 1.11 bits per heavy atom. The summed E-state index contributed by atoms with van der Waals surface area (Å²) in [5.41, 5.74) is 8.06. The van der Waals surface area contributed by atoms with Crippen LogP contribution in [0.25, 0.3) is 16.7 Å². The molecule has 0 saturated heterocycles. The smallest absolute Gasteiger partial charge is 0.256 e. The fourth-order valence-corrected chi connectivity index (χ4v) is 2.11. The van der Waals surface area contributed by atoms with E-state index in [-0.39, 0.29) is 5.56 Å². The van der Waals surface area contributed by atoms with Crippen LogP contribution in [0.1, 0.15) is 5.56 Å². The average molecular weight is 251 g/mol. The summed E-state index contributed by atoms with van der Waals surface area (Å²) in [6, 6.07) is 12.9. The first-order valence-electron chi connectivity index (χ1n) is 5.99. The molecule has 0 fully saturated rings. The molecule has 4 heteroatoms. The topological polar surface area (TPSA) is 60.9 Å². The van der Waals surface area contributed by atoms with Crippen molar-refractivity contribution in [3.05, 3.63) is 64.6 Å². The highest BCUT2D eigenvalue weighted by Crippen LogP contribution is 2.17. The molecular weight excluding hydrogens is 238 g/mol. The highest BCUT2D eigenvalue weighted by molar-refractivity contribution is 5.81. The van der Waals surface area contributed by atoms with E-state index in [1.165, 1.54) is 0 Å². The maximum atomic E-state index is 12.1. The van der Waals surface area contributed by atoms with Crippen molar-refractivity contribution < 1.29 is 0 Å². The third-order valence-electron chi connectivity index (χ3n) is 3.05. The molecule has 0 saturated carbocycles. The second-order valence-corrected chi connectivity index (χ2v) is 4.52. The van der Waals surface area contributed by atoms with Crippen LogP contribution in [0.15, 0.2) is 53.5 Å². The number of hydrogen-bond acceptors (Lipinski definition) is 3. The lowest BCUT2D eigenvalue weighted by molar-refractivity contribution is 0.984. The minimum absolute atomic E-state index is 0.102. The molecule has 0 aliphatic heterocycles. The van der Waals surface area contributed by atoms with Crippen LogP contribution in [0.3, 0.4) is 0 Å². The molecule has 19 heavy (non-hydrogen) atoms. The number of hydrogen-bond donors (Lipinski definition) is 1. The number of nitrogen functional groups attached to an aromatic ring is 1. The number of nitrogens with two attached hydrogens (primary N) is 1. The average Bonchev–Trinajstić information content (AvgIpc) is 2.40. The Bertz CT molecular complexity index is 804. The summed E-state index contributed by atoms with van der Waals surface area (Å²) in [5, 5.41) is 1.00. The fraction of sp³-hybridized carbons (Fsp3) is 0.0667. The number of benzene rings is 1. The summed E-state index contributed by atoms with van der Waals surface area (Å²) in [4.78, 5) is 16.3. The van der Waals surface area contributed by atoms with Crippen molar-refractivity contribution in [1.29, 1.82) is 0 Å². The molecule has 0 radical (unpaired) electrons. The molecule has 3 aromatic rings. The van der Waals surface area contributed by atoms with E-state index < -0.39 is 0 Å². The van der Waals surface area contributed by atoms with Crippen LogP contribution >= 0.6 is 0 Å². The summed E-state index contributed by atoms with van der Waals surface area (Å²) in [7, 11) is 0. The maximum absolute atomic E-state index is 12.1. The van der Waals surface area contributed by atoms with Crippen LogP contribution in [-0.4, -0.2) is 9.55 Å². The van der Waals surface area contributed by atoms with E-state index in [0.717, 1.165) is 16.5 Å². The zero-order valence-corrected chi connectivity index (χ0v) is 10.5. The van der Waals surface area contributed by atoms with Gasteiger partial charge in [-0.2, -0.15) is 0 Å². The van der Waals surface area contributed by atoms with Crippen molar-refractivity contribution in [2.24, 2.45) is 0 Å². The second kappa shape index (κ2) is 4.24. The molecule has 0 unspecified atom stereocenters. The molecule has 94 valence electrons. The molecule has 4 nitrogen and oxygen atoms in total. The van der Waals surface area contributed by atoms with Crippen molar-refractivity contribution in [3.8, 4) is 5.82 Å². The lowest BCUT2D eigenvalue weighted by Gasteiger charge is -2.10. The van der Waals surface area contributed by atoms with Gasteiger partial charge < -0.3 is 5.73 Å². The van der Waals surface area contributed by atoms with E-state index in [9.17, 15) is 4.79 Å². The van der Waals surface area contributed by atoms with Crippen LogP contribution in [0, 0.1) is 6.92 Å². The monoisotopic (exact) mass is 251 g/mol. The SMILES string of the molecule is Cc1ccc2ccc(=O)n(-c3ccc(N)cn3)c2c1. The summed E-state index contributed by atoms with van der Waals surface area (Å²) < 4.78 is 1.60. The number of nitrogens with zero attached hydrogens (tertiary/aromatic N) is 2. The Labute approximate surface area is 110 Å². The molecular formula is C15H13N3O. The highest BCUT2D eigenvalue weighted by Gasteiger charge is 2.06. The number of aromatic nitrogens is 2. The van der Waals surface area contributed by atoms with Gasteiger partial charge in [-0.05, 0) is 42.1 Å². The zero-order valence-electron chi connectivity index (χ0n) is 10.5. The quantitative estimate of drug-likeness (QED) is 0.721. The Balaban J connectivity index is 2.38. The molecule has 2 N–H and O–H groups in total. The number of fused-ring (bicyclic) bond motifs is 1. The van der Waals surface area contributed by atoms with Gasteiger partial charge >= 0.3 is 0 Å². The minimum Gasteiger partial charge on any atom is -0.397 e. The molecule has 0 spiro atoms. The van der Waals surface area contributed by atoms with Gasteiger partial charge in [-0.3, -0.25) is 9.36 Å². The van der Waals surface area contributed by atoms with E-state index in [2.05, 4.69) is 4.98 Å². The van der Waals surface area contributed by atoms with E-state index in [0.29, 0.717) is 11.5 Å². The van der Waals surface area contributed by atoms with Crippen molar-refractivity contribution in [2.45, 2.75) is 6.92 Å². The van der Waals surface area contributed by atoms with Gasteiger partial charge in [-0.1, -0.05) is 12.1 Å². The van der Waals surface area contributed by atoms with E-state index in [1.54, 1.807) is 29.0 Å². The largest absolute Gasteiger partial charge is 0.397 e. The van der Waals surface area contributed by atoms with E-state index in [1.807, 2.05) is 31.2 Å². The Morgan fingerprint density at radius 3 is 2.63 bits per heavy atom. The van der Waals surface area contributed by atoms with Gasteiger partial charge in [-0.25, -0.2) is 4.98 Å². The summed E-state index contributed by atoms with van der Waals surface area (Å²) >= 11 is 0. The van der Waals surface area contributed by atoms with Crippen LogP contribution in [0.4, 0.5) is 5.69 Å². The van der Waals surface area contributed by atoms with Crippen molar-refractivity contribution in [1.82, 2.24) is 9.55 Å². The number of pyridine rings is 2. The van der Waals surface area contributed by atoms with Crippen LogP contribution in [0.2, 0.25) is 0 Å². The normalized spacial score (nSPS) is 10.8. The number of aryl methyl sites for hydroxylation is 1. The molecule has 0 bridgehead atoms. The van der Waals surface area contributed by atoms with Gasteiger partial charge in [0.05, 0.1) is 17.4 Å². The summed E-state index contributed by atoms with van der Waals surface area (Å²) in [6.07, 6.45) is 1.55. The minimum atomic E-state index is -0.102. The molecule has 3 rings (SSSR count). The first kappa shape index (κ1) is 11.5.